The largest absolute Gasteiger partial charge is 0.355 e. The fourth-order valence-corrected chi connectivity index (χ4v) is 4.62. The summed E-state index contributed by atoms with van der Waals surface area (Å²) < 4.78 is 28.7. The van der Waals surface area contributed by atoms with E-state index in [1.807, 2.05) is 60.5 Å². The SMILES string of the molecule is CN1CN(c2nc3ccccc3nc2NS(=O)(=O)c2ccccc2)c2ccccc21. The number of hydrogen-bond donors (Lipinski definition) is 1. The van der Waals surface area contributed by atoms with Gasteiger partial charge in [0.25, 0.3) is 10.0 Å². The van der Waals surface area contributed by atoms with Crippen LogP contribution in [0.1, 0.15) is 0 Å². The minimum Gasteiger partial charge on any atom is -0.355 e. The maximum absolute atomic E-state index is 13.0. The van der Waals surface area contributed by atoms with Crippen molar-refractivity contribution in [1.82, 2.24) is 9.97 Å². The van der Waals surface area contributed by atoms with Gasteiger partial charge in [-0.3, -0.25) is 4.72 Å². The molecule has 0 amide bonds. The first-order chi connectivity index (χ1) is 14.5. The first-order valence-corrected chi connectivity index (χ1v) is 10.9. The van der Waals surface area contributed by atoms with E-state index in [0.717, 1.165) is 11.4 Å². The molecule has 8 heteroatoms. The number of anilines is 4. The highest BCUT2D eigenvalue weighted by Crippen LogP contribution is 2.41. The van der Waals surface area contributed by atoms with E-state index >= 15 is 0 Å². The molecule has 0 aliphatic carbocycles. The summed E-state index contributed by atoms with van der Waals surface area (Å²) >= 11 is 0. The fraction of sp³-hybridized carbons (Fsp3) is 0.0909. The van der Waals surface area contributed by atoms with Crippen LogP contribution in [0.5, 0.6) is 0 Å². The molecule has 0 atom stereocenters. The molecule has 0 unspecified atom stereocenters. The first kappa shape index (κ1) is 18.4. The molecule has 3 aromatic carbocycles. The molecule has 30 heavy (non-hydrogen) atoms. The van der Waals surface area contributed by atoms with Crippen molar-refractivity contribution < 1.29 is 8.42 Å². The summed E-state index contributed by atoms with van der Waals surface area (Å²) in [7, 11) is -1.83. The standard InChI is InChI=1S/C22H19N5O2S/c1-26-15-27(20-14-8-7-13-19(20)26)22-21(23-17-11-5-6-12-18(17)24-22)25-30(28,29)16-9-3-2-4-10-16/h2-14H,15H2,1H3,(H,23,25). The quantitative estimate of drug-likeness (QED) is 0.541. The van der Waals surface area contributed by atoms with Crippen LogP contribution in [0.4, 0.5) is 23.0 Å². The highest BCUT2D eigenvalue weighted by atomic mass is 32.2. The lowest BCUT2D eigenvalue weighted by atomic mass is 10.2. The average Bonchev–Trinajstić information content (AvgIpc) is 3.10. The van der Waals surface area contributed by atoms with Crippen LogP contribution >= 0.6 is 0 Å². The van der Waals surface area contributed by atoms with Crippen LogP contribution in [-0.2, 0) is 10.0 Å². The summed E-state index contributed by atoms with van der Waals surface area (Å²) in [6.45, 7) is 0.534. The van der Waals surface area contributed by atoms with E-state index in [1.54, 1.807) is 30.3 Å². The third-order valence-electron chi connectivity index (χ3n) is 5.03. The summed E-state index contributed by atoms with van der Waals surface area (Å²) in [5, 5.41) is 0. The van der Waals surface area contributed by atoms with Crippen molar-refractivity contribution in [3.8, 4) is 0 Å². The van der Waals surface area contributed by atoms with Gasteiger partial charge in [0, 0.05) is 7.05 Å². The van der Waals surface area contributed by atoms with Gasteiger partial charge in [-0.15, -0.1) is 0 Å². The normalized spacial score (nSPS) is 13.5. The van der Waals surface area contributed by atoms with Crippen molar-refractivity contribution in [2.75, 3.05) is 28.2 Å². The third-order valence-corrected chi connectivity index (χ3v) is 6.38. The summed E-state index contributed by atoms with van der Waals surface area (Å²) in [5.74, 6) is 0.660. The minimum atomic E-state index is -3.82. The predicted octanol–water partition coefficient (Wildman–Crippen LogP) is 3.98. The Bertz CT molecular complexity index is 1340. The van der Waals surface area contributed by atoms with Crippen LogP contribution in [0.25, 0.3) is 11.0 Å². The molecule has 0 spiro atoms. The molecule has 4 aromatic rings. The maximum Gasteiger partial charge on any atom is 0.263 e. The molecule has 5 rings (SSSR count). The number of hydrogen-bond acceptors (Lipinski definition) is 6. The Morgan fingerprint density at radius 1 is 0.800 bits per heavy atom. The van der Waals surface area contributed by atoms with Gasteiger partial charge < -0.3 is 9.80 Å². The molecule has 0 bridgehead atoms. The van der Waals surface area contributed by atoms with E-state index in [4.69, 9.17) is 4.98 Å². The molecule has 2 heterocycles. The zero-order valence-corrected chi connectivity index (χ0v) is 17.0. The van der Waals surface area contributed by atoms with Gasteiger partial charge in [-0.2, -0.15) is 0 Å². The number of nitrogens with zero attached hydrogens (tertiary/aromatic N) is 4. The monoisotopic (exact) mass is 417 g/mol. The molecule has 1 aromatic heterocycles. The molecule has 1 aliphatic heterocycles. The molecule has 0 fully saturated rings. The molecule has 0 saturated heterocycles. The highest BCUT2D eigenvalue weighted by Gasteiger charge is 2.29. The number of aromatic nitrogens is 2. The lowest BCUT2D eigenvalue weighted by Gasteiger charge is -2.21. The zero-order chi connectivity index (χ0) is 20.7. The average molecular weight is 417 g/mol. The van der Waals surface area contributed by atoms with Crippen LogP contribution in [0, 0.1) is 0 Å². The van der Waals surface area contributed by atoms with Crippen molar-refractivity contribution in [3.05, 3.63) is 78.9 Å². The number of nitrogens with one attached hydrogen (secondary N) is 1. The fourth-order valence-electron chi connectivity index (χ4n) is 3.59. The third kappa shape index (κ3) is 3.11. The molecule has 1 aliphatic rings. The zero-order valence-electron chi connectivity index (χ0n) is 16.2. The van der Waals surface area contributed by atoms with Crippen LogP contribution in [0.2, 0.25) is 0 Å². The molecule has 1 N–H and O–H groups in total. The van der Waals surface area contributed by atoms with E-state index < -0.39 is 10.0 Å². The number of rotatable bonds is 4. The Hall–Kier alpha value is -3.65. The van der Waals surface area contributed by atoms with Crippen LogP contribution < -0.4 is 14.5 Å². The van der Waals surface area contributed by atoms with Crippen molar-refractivity contribution >= 4 is 44.1 Å². The Morgan fingerprint density at radius 3 is 2.13 bits per heavy atom. The molecule has 0 saturated carbocycles. The topological polar surface area (TPSA) is 78.4 Å². The van der Waals surface area contributed by atoms with E-state index in [0.29, 0.717) is 23.5 Å². The van der Waals surface area contributed by atoms with Gasteiger partial charge in [-0.25, -0.2) is 18.4 Å². The Morgan fingerprint density at radius 2 is 1.40 bits per heavy atom. The van der Waals surface area contributed by atoms with Gasteiger partial charge in [0.1, 0.15) is 0 Å². The van der Waals surface area contributed by atoms with Crippen molar-refractivity contribution in [1.29, 1.82) is 0 Å². The number of benzene rings is 3. The van der Waals surface area contributed by atoms with Gasteiger partial charge in [0.15, 0.2) is 11.6 Å². The molecule has 150 valence electrons. The van der Waals surface area contributed by atoms with E-state index in [1.165, 1.54) is 0 Å². The van der Waals surface area contributed by atoms with Gasteiger partial charge >= 0.3 is 0 Å². The number of fused-ring (bicyclic) bond motifs is 2. The second-order valence-corrected chi connectivity index (χ2v) is 8.74. The predicted molar refractivity (Wildman–Crippen MR) is 119 cm³/mol. The van der Waals surface area contributed by atoms with E-state index in [-0.39, 0.29) is 10.7 Å². The van der Waals surface area contributed by atoms with Crippen LogP contribution in [0.3, 0.4) is 0 Å². The van der Waals surface area contributed by atoms with Crippen molar-refractivity contribution in [2.45, 2.75) is 4.90 Å². The highest BCUT2D eigenvalue weighted by molar-refractivity contribution is 7.92. The summed E-state index contributed by atoms with van der Waals surface area (Å²) in [4.78, 5) is 13.6. The van der Waals surface area contributed by atoms with Gasteiger partial charge in [0.2, 0.25) is 0 Å². The summed E-state index contributed by atoms with van der Waals surface area (Å²) in [6, 6.07) is 23.6. The van der Waals surface area contributed by atoms with Crippen molar-refractivity contribution in [2.24, 2.45) is 0 Å². The Labute approximate surface area is 174 Å². The number of para-hydroxylation sites is 4. The lowest BCUT2D eigenvalue weighted by molar-refractivity contribution is 0.601. The van der Waals surface area contributed by atoms with Crippen LogP contribution in [0.15, 0.2) is 83.8 Å². The molecular weight excluding hydrogens is 398 g/mol. The lowest BCUT2D eigenvalue weighted by Crippen LogP contribution is -2.26. The Kier molecular flexibility index (Phi) is 4.29. The first-order valence-electron chi connectivity index (χ1n) is 9.45. The second-order valence-electron chi connectivity index (χ2n) is 7.06. The number of sulfonamides is 1. The van der Waals surface area contributed by atoms with Crippen LogP contribution in [-0.4, -0.2) is 32.1 Å². The molecule has 0 radical (unpaired) electrons. The Balaban J connectivity index is 1.67. The smallest absolute Gasteiger partial charge is 0.263 e. The minimum absolute atomic E-state index is 0.171. The van der Waals surface area contributed by atoms with Gasteiger partial charge in [-0.05, 0) is 36.4 Å². The molecular formula is C22H19N5O2S. The van der Waals surface area contributed by atoms with Crippen molar-refractivity contribution in [3.63, 3.8) is 0 Å². The van der Waals surface area contributed by atoms with E-state index in [2.05, 4.69) is 14.6 Å². The summed E-state index contributed by atoms with van der Waals surface area (Å²) in [5.41, 5.74) is 3.31. The summed E-state index contributed by atoms with van der Waals surface area (Å²) in [6.07, 6.45) is 0. The van der Waals surface area contributed by atoms with E-state index in [9.17, 15) is 8.42 Å². The van der Waals surface area contributed by atoms with Gasteiger partial charge in [0.05, 0.1) is 34.0 Å². The van der Waals surface area contributed by atoms with Gasteiger partial charge in [-0.1, -0.05) is 42.5 Å². The second kappa shape index (κ2) is 7.00. The molecule has 7 nitrogen and oxygen atoms in total. The maximum atomic E-state index is 13.0.